The third-order valence-electron chi connectivity index (χ3n) is 4.09. The second-order valence-corrected chi connectivity index (χ2v) is 6.21. The van der Waals surface area contributed by atoms with Gasteiger partial charge in [0.05, 0.1) is 6.10 Å². The quantitative estimate of drug-likeness (QED) is 0.798. The first-order chi connectivity index (χ1) is 9.05. The van der Waals surface area contributed by atoms with E-state index in [1.165, 1.54) is 37.9 Å². The van der Waals surface area contributed by atoms with Crippen LogP contribution in [0.25, 0.3) is 0 Å². The SMILES string of the molecule is CCC[C@@]1(c2cccc(OC(C)C)c2)CCN(C)C1. The molecule has 1 heterocycles. The van der Waals surface area contributed by atoms with Crippen LogP contribution in [0.15, 0.2) is 24.3 Å². The number of likely N-dealkylation sites (tertiary alicyclic amines) is 1. The Morgan fingerprint density at radius 1 is 1.37 bits per heavy atom. The normalized spacial score (nSPS) is 24.1. The molecule has 2 heteroatoms. The number of nitrogens with zero attached hydrogens (tertiary/aromatic N) is 1. The van der Waals surface area contributed by atoms with Crippen LogP contribution < -0.4 is 4.74 Å². The number of hydrogen-bond donors (Lipinski definition) is 0. The molecule has 0 radical (unpaired) electrons. The predicted molar refractivity (Wildman–Crippen MR) is 80.9 cm³/mol. The van der Waals surface area contributed by atoms with Crippen molar-refractivity contribution in [2.24, 2.45) is 0 Å². The molecule has 1 atom stereocenters. The Bertz CT molecular complexity index is 411. The molecule has 1 saturated heterocycles. The lowest BCUT2D eigenvalue weighted by atomic mass is 9.76. The molecule has 0 N–H and O–H groups in total. The van der Waals surface area contributed by atoms with Crippen LogP contribution in [0.1, 0.15) is 45.6 Å². The van der Waals surface area contributed by atoms with E-state index in [0.29, 0.717) is 5.41 Å². The van der Waals surface area contributed by atoms with Gasteiger partial charge in [0, 0.05) is 12.0 Å². The first-order valence-electron chi connectivity index (χ1n) is 7.51. The summed E-state index contributed by atoms with van der Waals surface area (Å²) >= 11 is 0. The van der Waals surface area contributed by atoms with Crippen LogP contribution in [-0.4, -0.2) is 31.1 Å². The van der Waals surface area contributed by atoms with Gasteiger partial charge >= 0.3 is 0 Å². The Balaban J connectivity index is 2.27. The monoisotopic (exact) mass is 261 g/mol. The topological polar surface area (TPSA) is 12.5 Å². The molecule has 0 bridgehead atoms. The molecule has 0 aliphatic carbocycles. The zero-order valence-electron chi connectivity index (χ0n) is 12.8. The van der Waals surface area contributed by atoms with Crippen LogP contribution in [0.3, 0.4) is 0 Å². The summed E-state index contributed by atoms with van der Waals surface area (Å²) in [7, 11) is 2.23. The van der Waals surface area contributed by atoms with E-state index in [9.17, 15) is 0 Å². The van der Waals surface area contributed by atoms with Gasteiger partial charge in [0.25, 0.3) is 0 Å². The van der Waals surface area contributed by atoms with Gasteiger partial charge in [-0.3, -0.25) is 0 Å². The molecular weight excluding hydrogens is 234 g/mol. The van der Waals surface area contributed by atoms with E-state index in [0.717, 1.165) is 5.75 Å². The lowest BCUT2D eigenvalue weighted by Crippen LogP contribution is -2.29. The minimum atomic E-state index is 0.239. The second kappa shape index (κ2) is 5.96. The largest absolute Gasteiger partial charge is 0.491 e. The minimum Gasteiger partial charge on any atom is -0.491 e. The Kier molecular flexibility index (Phi) is 4.51. The van der Waals surface area contributed by atoms with E-state index in [4.69, 9.17) is 4.74 Å². The summed E-state index contributed by atoms with van der Waals surface area (Å²) in [6.07, 6.45) is 4.01. The van der Waals surface area contributed by atoms with Crippen molar-refractivity contribution in [2.45, 2.75) is 51.6 Å². The average Bonchev–Trinajstić information content (AvgIpc) is 2.72. The highest BCUT2D eigenvalue weighted by atomic mass is 16.5. The minimum absolute atomic E-state index is 0.239. The van der Waals surface area contributed by atoms with Gasteiger partial charge in [-0.05, 0) is 58.0 Å². The van der Waals surface area contributed by atoms with E-state index < -0.39 is 0 Å². The molecule has 0 aromatic heterocycles. The Hall–Kier alpha value is -1.02. The first kappa shape index (κ1) is 14.4. The Morgan fingerprint density at radius 3 is 2.74 bits per heavy atom. The summed E-state index contributed by atoms with van der Waals surface area (Å²) in [4.78, 5) is 2.45. The van der Waals surface area contributed by atoms with Gasteiger partial charge in [-0.25, -0.2) is 0 Å². The summed E-state index contributed by atoms with van der Waals surface area (Å²) in [5.41, 5.74) is 1.79. The number of rotatable bonds is 5. The molecule has 106 valence electrons. The number of ether oxygens (including phenoxy) is 1. The summed E-state index contributed by atoms with van der Waals surface area (Å²) in [6, 6.07) is 8.75. The highest BCUT2D eigenvalue weighted by Gasteiger charge is 2.37. The van der Waals surface area contributed by atoms with E-state index in [2.05, 4.69) is 57.0 Å². The lowest BCUT2D eigenvalue weighted by Gasteiger charge is -2.30. The van der Waals surface area contributed by atoms with Crippen molar-refractivity contribution in [2.75, 3.05) is 20.1 Å². The van der Waals surface area contributed by atoms with E-state index >= 15 is 0 Å². The van der Waals surface area contributed by atoms with Gasteiger partial charge in [0.1, 0.15) is 5.75 Å². The molecule has 0 saturated carbocycles. The van der Waals surface area contributed by atoms with Gasteiger partial charge in [-0.15, -0.1) is 0 Å². The maximum Gasteiger partial charge on any atom is 0.119 e. The fourth-order valence-corrected chi connectivity index (χ4v) is 3.31. The molecule has 0 spiro atoms. The van der Waals surface area contributed by atoms with Gasteiger partial charge in [-0.2, -0.15) is 0 Å². The third-order valence-corrected chi connectivity index (χ3v) is 4.09. The van der Waals surface area contributed by atoms with Crippen LogP contribution in [-0.2, 0) is 5.41 Å². The van der Waals surface area contributed by atoms with Crippen molar-refractivity contribution in [1.82, 2.24) is 4.90 Å². The molecule has 1 aromatic carbocycles. The number of benzene rings is 1. The fraction of sp³-hybridized carbons (Fsp3) is 0.647. The molecule has 0 amide bonds. The smallest absolute Gasteiger partial charge is 0.119 e. The molecule has 19 heavy (non-hydrogen) atoms. The van der Waals surface area contributed by atoms with Gasteiger partial charge in [-0.1, -0.05) is 25.5 Å². The van der Waals surface area contributed by atoms with Crippen molar-refractivity contribution in [3.8, 4) is 5.75 Å². The Labute approximate surface area is 117 Å². The summed E-state index contributed by atoms with van der Waals surface area (Å²) in [5.74, 6) is 1.01. The summed E-state index contributed by atoms with van der Waals surface area (Å²) < 4.78 is 5.85. The highest BCUT2D eigenvalue weighted by molar-refractivity contribution is 5.35. The molecular formula is C17H27NO. The zero-order valence-corrected chi connectivity index (χ0v) is 12.8. The standard InChI is InChI=1S/C17H27NO/c1-5-9-17(10-11-18(4)13-17)15-7-6-8-16(12-15)19-14(2)3/h6-8,12,14H,5,9-11,13H2,1-4H3/t17-/m1/s1. The van der Waals surface area contributed by atoms with Gasteiger partial charge in [0.15, 0.2) is 0 Å². The van der Waals surface area contributed by atoms with Crippen LogP contribution in [0.5, 0.6) is 5.75 Å². The number of likely N-dealkylation sites (N-methyl/N-ethyl adjacent to an activating group) is 1. The van der Waals surface area contributed by atoms with Crippen LogP contribution in [0.2, 0.25) is 0 Å². The van der Waals surface area contributed by atoms with Gasteiger partial charge < -0.3 is 9.64 Å². The van der Waals surface area contributed by atoms with Crippen molar-refractivity contribution in [3.63, 3.8) is 0 Å². The third kappa shape index (κ3) is 3.30. The summed E-state index contributed by atoms with van der Waals surface area (Å²) in [5, 5.41) is 0. The Morgan fingerprint density at radius 2 is 2.16 bits per heavy atom. The molecule has 0 unspecified atom stereocenters. The van der Waals surface area contributed by atoms with E-state index in [1.807, 2.05) is 0 Å². The average molecular weight is 261 g/mol. The first-order valence-corrected chi connectivity index (χ1v) is 7.51. The van der Waals surface area contributed by atoms with Crippen molar-refractivity contribution in [3.05, 3.63) is 29.8 Å². The maximum atomic E-state index is 5.85. The van der Waals surface area contributed by atoms with E-state index in [1.54, 1.807) is 0 Å². The van der Waals surface area contributed by atoms with Crippen LogP contribution in [0.4, 0.5) is 0 Å². The lowest BCUT2D eigenvalue weighted by molar-refractivity contribution is 0.241. The second-order valence-electron chi connectivity index (χ2n) is 6.21. The molecule has 1 aliphatic rings. The van der Waals surface area contributed by atoms with Crippen molar-refractivity contribution >= 4 is 0 Å². The van der Waals surface area contributed by atoms with Crippen molar-refractivity contribution < 1.29 is 4.74 Å². The number of hydrogen-bond acceptors (Lipinski definition) is 2. The molecule has 2 rings (SSSR count). The summed E-state index contributed by atoms with van der Waals surface area (Å²) in [6.45, 7) is 8.82. The van der Waals surface area contributed by atoms with Crippen LogP contribution in [0, 0.1) is 0 Å². The van der Waals surface area contributed by atoms with Crippen molar-refractivity contribution in [1.29, 1.82) is 0 Å². The fourth-order valence-electron chi connectivity index (χ4n) is 3.31. The molecule has 2 nitrogen and oxygen atoms in total. The van der Waals surface area contributed by atoms with Crippen LogP contribution >= 0.6 is 0 Å². The van der Waals surface area contributed by atoms with Gasteiger partial charge in [0.2, 0.25) is 0 Å². The zero-order chi connectivity index (χ0) is 13.9. The predicted octanol–water partition coefficient (Wildman–Crippen LogP) is 3.85. The molecule has 1 aliphatic heterocycles. The maximum absolute atomic E-state index is 5.85. The van der Waals surface area contributed by atoms with E-state index in [-0.39, 0.29) is 6.10 Å². The highest BCUT2D eigenvalue weighted by Crippen LogP contribution is 2.39. The molecule has 1 aromatic rings. The molecule has 1 fully saturated rings.